The Morgan fingerprint density at radius 1 is 1.11 bits per heavy atom. The third kappa shape index (κ3) is 4.25. The minimum absolute atomic E-state index is 0.202. The van der Waals surface area contributed by atoms with Crippen molar-refractivity contribution < 1.29 is 19.1 Å². The number of benzene rings is 1. The van der Waals surface area contributed by atoms with Crippen LogP contribution in [0, 0.1) is 0 Å². The van der Waals surface area contributed by atoms with Gasteiger partial charge in [0.15, 0.2) is 0 Å². The van der Waals surface area contributed by atoms with Crippen LogP contribution in [0.5, 0.6) is 5.75 Å². The highest BCUT2D eigenvalue weighted by molar-refractivity contribution is 5.83. The molecule has 0 fully saturated rings. The van der Waals surface area contributed by atoms with Crippen LogP contribution in [-0.2, 0) is 20.7 Å². The summed E-state index contributed by atoms with van der Waals surface area (Å²) in [6.07, 6.45) is 2.65. The van der Waals surface area contributed by atoms with Crippen LogP contribution >= 0.6 is 0 Å². The highest BCUT2D eigenvalue weighted by atomic mass is 16.5. The average molecular weight is 246 g/mol. The molecule has 0 N–H and O–H groups in total. The molecule has 0 aliphatic carbocycles. The molecule has 1 aromatic rings. The van der Waals surface area contributed by atoms with Gasteiger partial charge < -0.3 is 9.47 Å². The summed E-state index contributed by atoms with van der Waals surface area (Å²) in [5.74, 6) is -0.557. The van der Waals surface area contributed by atoms with Crippen LogP contribution in [-0.4, -0.2) is 18.5 Å². The summed E-state index contributed by atoms with van der Waals surface area (Å²) in [5, 5.41) is 0. The second kappa shape index (κ2) is 7.06. The van der Waals surface area contributed by atoms with Crippen molar-refractivity contribution >= 4 is 11.9 Å². The molecule has 0 unspecified atom stereocenters. The third-order valence-corrected chi connectivity index (χ3v) is 2.13. The molecule has 0 bridgehead atoms. The molecular formula is C14H14O4. The lowest BCUT2D eigenvalue weighted by atomic mass is 10.1. The number of rotatable bonds is 6. The average Bonchev–Trinajstić information content (AvgIpc) is 2.40. The Morgan fingerprint density at radius 3 is 2.44 bits per heavy atom. The number of carbonyl (C=O) groups is 2. The van der Waals surface area contributed by atoms with Crippen LogP contribution in [0.15, 0.2) is 49.6 Å². The van der Waals surface area contributed by atoms with Gasteiger partial charge in [-0.3, -0.25) is 0 Å². The first-order chi connectivity index (χ1) is 8.67. The van der Waals surface area contributed by atoms with Crippen molar-refractivity contribution in [3.8, 4) is 5.75 Å². The summed E-state index contributed by atoms with van der Waals surface area (Å²) in [6.45, 7) is 6.83. The fourth-order valence-electron chi connectivity index (χ4n) is 1.28. The normalized spacial score (nSPS) is 9.33. The first-order valence-electron chi connectivity index (χ1n) is 5.38. The summed E-state index contributed by atoms with van der Waals surface area (Å²) >= 11 is 0. The number of esters is 2. The minimum atomic E-state index is -0.523. The minimum Gasteiger partial charge on any atom is -0.462 e. The van der Waals surface area contributed by atoms with E-state index in [1.807, 2.05) is 6.07 Å². The number of para-hydroxylation sites is 1. The molecule has 4 nitrogen and oxygen atoms in total. The van der Waals surface area contributed by atoms with E-state index in [9.17, 15) is 9.59 Å². The smallest absolute Gasteiger partial charge is 0.335 e. The molecule has 4 heteroatoms. The lowest BCUT2D eigenvalue weighted by Crippen LogP contribution is -2.08. The van der Waals surface area contributed by atoms with E-state index in [4.69, 9.17) is 9.47 Å². The molecule has 1 rings (SSSR count). The molecule has 0 heterocycles. The van der Waals surface area contributed by atoms with Crippen molar-refractivity contribution in [1.82, 2.24) is 0 Å². The van der Waals surface area contributed by atoms with E-state index in [2.05, 4.69) is 13.2 Å². The Morgan fingerprint density at radius 2 is 1.78 bits per heavy atom. The van der Waals surface area contributed by atoms with Gasteiger partial charge in [0.25, 0.3) is 0 Å². The number of hydrogen-bond acceptors (Lipinski definition) is 4. The maximum Gasteiger partial charge on any atom is 0.335 e. The Labute approximate surface area is 106 Å². The van der Waals surface area contributed by atoms with Crippen molar-refractivity contribution in [1.29, 1.82) is 0 Å². The van der Waals surface area contributed by atoms with E-state index in [1.165, 1.54) is 0 Å². The quantitative estimate of drug-likeness (QED) is 0.438. The SMILES string of the molecule is C=CC(=O)OCCc1ccccc1OC(=O)C=C. The number of hydrogen-bond donors (Lipinski definition) is 0. The highest BCUT2D eigenvalue weighted by Crippen LogP contribution is 2.18. The second-order valence-electron chi connectivity index (χ2n) is 3.35. The first kappa shape index (κ1) is 13.7. The van der Waals surface area contributed by atoms with E-state index < -0.39 is 11.9 Å². The van der Waals surface area contributed by atoms with E-state index in [1.54, 1.807) is 18.2 Å². The van der Waals surface area contributed by atoms with Gasteiger partial charge in [0, 0.05) is 18.6 Å². The molecule has 0 aliphatic heterocycles. The molecule has 0 atom stereocenters. The third-order valence-electron chi connectivity index (χ3n) is 2.13. The predicted molar refractivity (Wildman–Crippen MR) is 67.1 cm³/mol. The maximum atomic E-state index is 11.1. The van der Waals surface area contributed by atoms with Gasteiger partial charge in [-0.15, -0.1) is 0 Å². The molecule has 0 radical (unpaired) electrons. The van der Waals surface area contributed by atoms with Gasteiger partial charge in [-0.1, -0.05) is 31.4 Å². The zero-order chi connectivity index (χ0) is 13.4. The molecule has 0 saturated heterocycles. The molecule has 0 amide bonds. The fourth-order valence-corrected chi connectivity index (χ4v) is 1.28. The Kier molecular flexibility index (Phi) is 5.38. The van der Waals surface area contributed by atoms with Crippen molar-refractivity contribution in [2.45, 2.75) is 6.42 Å². The van der Waals surface area contributed by atoms with Crippen LogP contribution < -0.4 is 4.74 Å². The lowest BCUT2D eigenvalue weighted by molar-refractivity contribution is -0.137. The summed E-state index contributed by atoms with van der Waals surface area (Å²) in [4.78, 5) is 22.0. The number of ether oxygens (including phenoxy) is 2. The first-order valence-corrected chi connectivity index (χ1v) is 5.38. The molecule has 18 heavy (non-hydrogen) atoms. The van der Waals surface area contributed by atoms with Crippen molar-refractivity contribution in [3.63, 3.8) is 0 Å². The summed E-state index contributed by atoms with van der Waals surface area (Å²) in [5.41, 5.74) is 0.782. The molecule has 1 aromatic carbocycles. The van der Waals surface area contributed by atoms with Crippen molar-refractivity contribution in [3.05, 3.63) is 55.1 Å². The van der Waals surface area contributed by atoms with E-state index in [-0.39, 0.29) is 6.61 Å². The standard InChI is InChI=1S/C14H14O4/c1-3-13(15)17-10-9-11-7-5-6-8-12(11)18-14(16)4-2/h3-8H,1-2,9-10H2. The topological polar surface area (TPSA) is 52.6 Å². The number of carbonyl (C=O) groups excluding carboxylic acids is 2. The van der Waals surface area contributed by atoms with Crippen LogP contribution in [0.2, 0.25) is 0 Å². The summed E-state index contributed by atoms with van der Waals surface area (Å²) in [6, 6.07) is 7.04. The van der Waals surface area contributed by atoms with Crippen LogP contribution in [0.25, 0.3) is 0 Å². The van der Waals surface area contributed by atoms with Gasteiger partial charge >= 0.3 is 11.9 Å². The van der Waals surface area contributed by atoms with E-state index in [0.29, 0.717) is 12.2 Å². The van der Waals surface area contributed by atoms with E-state index >= 15 is 0 Å². The van der Waals surface area contributed by atoms with Gasteiger partial charge in [0.05, 0.1) is 6.61 Å². The summed E-state index contributed by atoms with van der Waals surface area (Å²) in [7, 11) is 0. The molecule has 0 spiro atoms. The van der Waals surface area contributed by atoms with Crippen LogP contribution in [0.3, 0.4) is 0 Å². The van der Waals surface area contributed by atoms with Crippen molar-refractivity contribution in [2.75, 3.05) is 6.61 Å². The molecule has 0 aliphatic rings. The monoisotopic (exact) mass is 246 g/mol. The zero-order valence-corrected chi connectivity index (χ0v) is 9.93. The van der Waals surface area contributed by atoms with Crippen LogP contribution in [0.4, 0.5) is 0 Å². The molecule has 94 valence electrons. The van der Waals surface area contributed by atoms with E-state index in [0.717, 1.165) is 17.7 Å². The Hall–Kier alpha value is -2.36. The molecular weight excluding hydrogens is 232 g/mol. The fraction of sp³-hybridized carbons (Fsp3) is 0.143. The highest BCUT2D eigenvalue weighted by Gasteiger charge is 2.06. The van der Waals surface area contributed by atoms with Gasteiger partial charge in [-0.05, 0) is 11.6 Å². The Bertz CT molecular complexity index is 463. The van der Waals surface area contributed by atoms with Crippen molar-refractivity contribution in [2.24, 2.45) is 0 Å². The van der Waals surface area contributed by atoms with Gasteiger partial charge in [0.2, 0.25) is 0 Å². The summed E-state index contributed by atoms with van der Waals surface area (Å²) < 4.78 is 9.92. The second-order valence-corrected chi connectivity index (χ2v) is 3.35. The predicted octanol–water partition coefficient (Wildman–Crippen LogP) is 2.05. The molecule has 0 aromatic heterocycles. The maximum absolute atomic E-state index is 11.1. The van der Waals surface area contributed by atoms with Crippen LogP contribution in [0.1, 0.15) is 5.56 Å². The Balaban J connectivity index is 2.64. The van der Waals surface area contributed by atoms with Gasteiger partial charge in [-0.25, -0.2) is 9.59 Å². The largest absolute Gasteiger partial charge is 0.462 e. The van der Waals surface area contributed by atoms with Gasteiger partial charge in [-0.2, -0.15) is 0 Å². The molecule has 0 saturated carbocycles. The lowest BCUT2D eigenvalue weighted by Gasteiger charge is -2.08. The zero-order valence-electron chi connectivity index (χ0n) is 9.93. The van der Waals surface area contributed by atoms with Gasteiger partial charge in [0.1, 0.15) is 5.75 Å².